The SMILES string of the molecule is CC(C)(C)[CH2][Pb]([CH2]C(C)(C)C)[CH2]C(C)(C)C. The van der Waals surface area contributed by atoms with Gasteiger partial charge in [0.2, 0.25) is 0 Å². The molecule has 1 heteroatoms. The van der Waals surface area contributed by atoms with E-state index in [9.17, 15) is 0 Å². The summed E-state index contributed by atoms with van der Waals surface area (Å²) in [5.41, 5.74) is 1.66. The van der Waals surface area contributed by atoms with Crippen LogP contribution in [0.1, 0.15) is 62.3 Å². The molecule has 0 aromatic rings. The second kappa shape index (κ2) is 5.71. The molecule has 0 aliphatic rings. The first-order valence-electron chi connectivity index (χ1n) is 6.62. The molecule has 0 rings (SSSR count). The summed E-state index contributed by atoms with van der Waals surface area (Å²) in [7, 11) is 0. The van der Waals surface area contributed by atoms with E-state index in [-0.39, 0.29) is 0 Å². The zero-order valence-electron chi connectivity index (χ0n) is 13.1. The van der Waals surface area contributed by atoms with Gasteiger partial charge in [0.25, 0.3) is 0 Å². The molecular weight excluding hydrogens is 387 g/mol. The van der Waals surface area contributed by atoms with Crippen LogP contribution in [-0.4, -0.2) is 22.7 Å². The Kier molecular flexibility index (Phi) is 6.04. The van der Waals surface area contributed by atoms with Gasteiger partial charge in [-0.3, -0.25) is 0 Å². The van der Waals surface area contributed by atoms with E-state index in [4.69, 9.17) is 0 Å². The molecule has 0 bridgehead atoms. The topological polar surface area (TPSA) is 0 Å². The Morgan fingerprint density at radius 3 is 0.812 bits per heavy atom. The summed E-state index contributed by atoms with van der Waals surface area (Å²) in [6, 6.07) is 0. The van der Waals surface area contributed by atoms with Gasteiger partial charge in [-0.25, -0.2) is 0 Å². The summed E-state index contributed by atoms with van der Waals surface area (Å²) in [5, 5.41) is 0. The van der Waals surface area contributed by atoms with Gasteiger partial charge in [0.15, 0.2) is 0 Å². The minimum atomic E-state index is -1.39. The maximum absolute atomic E-state index is 2.42. The van der Waals surface area contributed by atoms with Crippen LogP contribution in [0.4, 0.5) is 0 Å². The first-order chi connectivity index (χ1) is 6.79. The van der Waals surface area contributed by atoms with Crippen LogP contribution in [0.5, 0.6) is 0 Å². The predicted octanol–water partition coefficient (Wildman–Crippen LogP) is 5.62. The summed E-state index contributed by atoms with van der Waals surface area (Å²) in [4.78, 5) is 0. The Hall–Kier alpha value is 0.922. The molecule has 0 heterocycles. The fraction of sp³-hybridized carbons (Fsp3) is 1.00. The maximum atomic E-state index is 2.42. The third kappa shape index (κ3) is 11.4. The summed E-state index contributed by atoms with van der Waals surface area (Å²) >= 11 is -1.39. The Balaban J connectivity index is 4.53. The average Bonchev–Trinajstić information content (AvgIpc) is 1.70. The van der Waals surface area contributed by atoms with Gasteiger partial charge in [-0.2, -0.15) is 0 Å². The number of rotatable bonds is 3. The van der Waals surface area contributed by atoms with Crippen molar-refractivity contribution in [2.45, 2.75) is 74.3 Å². The van der Waals surface area contributed by atoms with Crippen molar-refractivity contribution >= 4 is 22.7 Å². The Labute approximate surface area is 113 Å². The fourth-order valence-corrected chi connectivity index (χ4v) is 21.4. The van der Waals surface area contributed by atoms with Gasteiger partial charge >= 0.3 is 113 Å². The molecule has 1 radical (unpaired) electrons. The van der Waals surface area contributed by atoms with Crippen LogP contribution >= 0.6 is 0 Å². The van der Waals surface area contributed by atoms with E-state index >= 15 is 0 Å². The van der Waals surface area contributed by atoms with E-state index < -0.39 is 22.7 Å². The van der Waals surface area contributed by atoms with Crippen LogP contribution in [0.2, 0.25) is 11.9 Å². The first kappa shape index (κ1) is 16.9. The van der Waals surface area contributed by atoms with Crippen LogP contribution < -0.4 is 0 Å². The van der Waals surface area contributed by atoms with Gasteiger partial charge in [0.1, 0.15) is 0 Å². The van der Waals surface area contributed by atoms with Gasteiger partial charge in [0.05, 0.1) is 0 Å². The van der Waals surface area contributed by atoms with Crippen molar-refractivity contribution in [3.8, 4) is 0 Å². The zero-order chi connectivity index (χ0) is 13.2. The standard InChI is InChI=1S/3C5H11.Pb/c3*1-5(2,3)4;/h3*1H2,2-4H3;. The molecule has 0 amide bonds. The molecule has 0 saturated heterocycles. The molecule has 0 spiro atoms. The van der Waals surface area contributed by atoms with Crippen LogP contribution in [0.3, 0.4) is 0 Å². The molecule has 0 fully saturated rings. The van der Waals surface area contributed by atoms with E-state index in [2.05, 4.69) is 62.3 Å². The zero-order valence-corrected chi connectivity index (χ0v) is 17.0. The molecule has 0 atom stereocenters. The normalized spacial score (nSPS) is 14.6. The molecule has 16 heavy (non-hydrogen) atoms. The molecule has 0 aromatic carbocycles. The van der Waals surface area contributed by atoms with Crippen LogP contribution in [0.25, 0.3) is 0 Å². The fourth-order valence-electron chi connectivity index (χ4n) is 2.44. The summed E-state index contributed by atoms with van der Waals surface area (Å²) in [5.74, 6) is 0. The van der Waals surface area contributed by atoms with Gasteiger partial charge in [-0.1, -0.05) is 0 Å². The minimum absolute atomic E-state index is 0.554. The van der Waals surface area contributed by atoms with E-state index in [1.807, 2.05) is 0 Å². The molecular formula is C15H33Pb. The van der Waals surface area contributed by atoms with Crippen molar-refractivity contribution < 1.29 is 0 Å². The molecule has 97 valence electrons. The monoisotopic (exact) mass is 421 g/mol. The van der Waals surface area contributed by atoms with Crippen molar-refractivity contribution in [3.05, 3.63) is 0 Å². The van der Waals surface area contributed by atoms with Crippen molar-refractivity contribution in [2.24, 2.45) is 16.2 Å². The third-order valence-corrected chi connectivity index (χ3v) is 20.5. The Morgan fingerprint density at radius 1 is 0.500 bits per heavy atom. The molecule has 0 nitrogen and oxygen atoms in total. The Bertz CT molecular complexity index is 159. The van der Waals surface area contributed by atoms with Crippen LogP contribution in [0, 0.1) is 16.2 Å². The summed E-state index contributed by atoms with van der Waals surface area (Å²) < 4.78 is 4.69. The summed E-state index contributed by atoms with van der Waals surface area (Å²) in [6.07, 6.45) is 0. The van der Waals surface area contributed by atoms with Crippen LogP contribution in [0.15, 0.2) is 0 Å². The van der Waals surface area contributed by atoms with E-state index in [1.165, 1.54) is 0 Å². The first-order valence-corrected chi connectivity index (χ1v) is 14.9. The molecule has 0 saturated carbocycles. The second-order valence-electron chi connectivity index (χ2n) is 8.96. The van der Waals surface area contributed by atoms with Crippen LogP contribution in [-0.2, 0) is 0 Å². The van der Waals surface area contributed by atoms with Crippen molar-refractivity contribution in [2.75, 3.05) is 0 Å². The average molecular weight is 421 g/mol. The molecule has 0 aromatic heterocycles. The summed E-state index contributed by atoms with van der Waals surface area (Å²) in [6.45, 7) is 21.8. The van der Waals surface area contributed by atoms with Crippen molar-refractivity contribution in [1.82, 2.24) is 0 Å². The molecule has 0 unspecified atom stereocenters. The molecule has 0 N–H and O–H groups in total. The molecule has 0 aliphatic carbocycles. The molecule has 0 aliphatic heterocycles. The quantitative estimate of drug-likeness (QED) is 0.520. The van der Waals surface area contributed by atoms with Gasteiger partial charge < -0.3 is 0 Å². The van der Waals surface area contributed by atoms with E-state index in [1.54, 1.807) is 11.9 Å². The number of hydrogen-bond donors (Lipinski definition) is 0. The van der Waals surface area contributed by atoms with Gasteiger partial charge in [0, 0.05) is 0 Å². The third-order valence-electron chi connectivity index (χ3n) is 2.34. The van der Waals surface area contributed by atoms with Gasteiger partial charge in [-0.05, 0) is 0 Å². The van der Waals surface area contributed by atoms with Crippen molar-refractivity contribution in [3.63, 3.8) is 0 Å². The second-order valence-corrected chi connectivity index (χ2v) is 18.9. The van der Waals surface area contributed by atoms with E-state index in [0.717, 1.165) is 0 Å². The number of hydrogen-bond acceptors (Lipinski definition) is 0. The van der Waals surface area contributed by atoms with E-state index in [0.29, 0.717) is 16.2 Å². The van der Waals surface area contributed by atoms with Gasteiger partial charge in [-0.15, -0.1) is 0 Å². The Morgan fingerprint density at radius 2 is 0.688 bits per heavy atom. The van der Waals surface area contributed by atoms with Crippen molar-refractivity contribution in [1.29, 1.82) is 0 Å². The predicted molar refractivity (Wildman–Crippen MR) is 78.5 cm³/mol.